The summed E-state index contributed by atoms with van der Waals surface area (Å²) in [5, 5.41) is 0. The monoisotopic (exact) mass is 372 g/mol. The van der Waals surface area contributed by atoms with Crippen LogP contribution in [0.25, 0.3) is 0 Å². The fraction of sp³-hybridized carbons (Fsp3) is 0.458. The quantitative estimate of drug-likeness (QED) is 0.516. The fourth-order valence-corrected chi connectivity index (χ4v) is 3.47. The summed E-state index contributed by atoms with van der Waals surface area (Å²) in [6, 6.07) is 0. The Labute approximate surface area is 161 Å². The number of hydrogen-bond acceptors (Lipinski definition) is 1. The van der Waals surface area contributed by atoms with Gasteiger partial charge in [0, 0.05) is 24.7 Å². The molecule has 0 N–H and O–H groups in total. The van der Waals surface area contributed by atoms with E-state index in [1.54, 1.807) is 12.2 Å². The number of carbonyl (C=O) groups is 1. The standard InChI is InChI=1S/C22H24F2O.C2H6/c1-15(22(25)13-8-16-6-10-19(23)11-7-16)18-9-12-20(21(24)14-18)17-4-2-3-5-17;1-2/h2,4-7,9-10,12,14-15,19-21H,3,8,11,13H2,1H3;1-2H3. The summed E-state index contributed by atoms with van der Waals surface area (Å²) in [6.45, 7) is 5.84. The van der Waals surface area contributed by atoms with E-state index in [4.69, 9.17) is 0 Å². The Kier molecular flexibility index (Phi) is 8.15. The molecule has 0 aromatic heterocycles. The van der Waals surface area contributed by atoms with Crippen molar-refractivity contribution in [2.75, 3.05) is 0 Å². The highest BCUT2D eigenvalue weighted by atomic mass is 19.1. The van der Waals surface area contributed by atoms with Crippen molar-refractivity contribution in [1.82, 2.24) is 0 Å². The van der Waals surface area contributed by atoms with Crippen molar-refractivity contribution in [1.29, 1.82) is 0 Å². The zero-order valence-electron chi connectivity index (χ0n) is 16.5. The number of rotatable bonds is 6. The summed E-state index contributed by atoms with van der Waals surface area (Å²) in [7, 11) is 0. The van der Waals surface area contributed by atoms with Crippen molar-refractivity contribution in [3.8, 4) is 0 Å². The van der Waals surface area contributed by atoms with Crippen molar-refractivity contribution >= 4 is 5.78 Å². The maximum Gasteiger partial charge on any atom is 0.140 e. The Bertz CT molecular complexity index is 706. The summed E-state index contributed by atoms with van der Waals surface area (Å²) in [5.41, 5.74) is 2.78. The van der Waals surface area contributed by atoms with Crippen LogP contribution < -0.4 is 0 Å². The van der Waals surface area contributed by atoms with Crippen LogP contribution in [-0.4, -0.2) is 18.1 Å². The highest BCUT2D eigenvalue weighted by Crippen LogP contribution is 2.32. The van der Waals surface area contributed by atoms with Gasteiger partial charge in [0.05, 0.1) is 0 Å². The van der Waals surface area contributed by atoms with Gasteiger partial charge in [-0.3, -0.25) is 4.79 Å². The summed E-state index contributed by atoms with van der Waals surface area (Å²) >= 11 is 0. The van der Waals surface area contributed by atoms with Gasteiger partial charge in [-0.05, 0) is 30.1 Å². The molecule has 3 rings (SSSR count). The minimum atomic E-state index is -1.09. The molecule has 0 aromatic carbocycles. The molecule has 0 spiro atoms. The molecule has 0 saturated heterocycles. The van der Waals surface area contributed by atoms with E-state index in [0.717, 1.165) is 23.1 Å². The zero-order valence-corrected chi connectivity index (χ0v) is 16.5. The van der Waals surface area contributed by atoms with Crippen molar-refractivity contribution < 1.29 is 13.6 Å². The Morgan fingerprint density at radius 2 is 1.93 bits per heavy atom. The lowest BCUT2D eigenvalue weighted by molar-refractivity contribution is -0.121. The van der Waals surface area contributed by atoms with E-state index in [1.165, 1.54) is 6.08 Å². The van der Waals surface area contributed by atoms with E-state index in [-0.39, 0.29) is 17.6 Å². The first kappa shape index (κ1) is 21.3. The molecule has 4 atom stereocenters. The van der Waals surface area contributed by atoms with Gasteiger partial charge in [0.2, 0.25) is 0 Å². The van der Waals surface area contributed by atoms with Crippen LogP contribution in [-0.2, 0) is 4.79 Å². The molecule has 146 valence electrons. The van der Waals surface area contributed by atoms with Crippen LogP contribution in [0.1, 0.15) is 46.5 Å². The largest absolute Gasteiger partial charge is 0.299 e. The number of alkyl halides is 2. The normalized spacial score (nSPS) is 27.3. The molecule has 0 saturated carbocycles. The van der Waals surface area contributed by atoms with E-state index < -0.39 is 12.3 Å². The minimum Gasteiger partial charge on any atom is -0.299 e. The van der Waals surface area contributed by atoms with Gasteiger partial charge >= 0.3 is 0 Å². The van der Waals surface area contributed by atoms with Crippen molar-refractivity contribution in [3.05, 3.63) is 71.4 Å². The second-order valence-electron chi connectivity index (χ2n) is 6.92. The van der Waals surface area contributed by atoms with Gasteiger partial charge < -0.3 is 0 Å². The maximum atomic E-state index is 14.5. The highest BCUT2D eigenvalue weighted by molar-refractivity contribution is 5.84. The molecule has 4 unspecified atom stereocenters. The SMILES string of the molecule is CC.CC(C(=O)CCC1=CCC(F)C=C1)C1=CC(F)C(C2=CCC=C2)C=C1. The smallest absolute Gasteiger partial charge is 0.140 e. The summed E-state index contributed by atoms with van der Waals surface area (Å²) in [4.78, 5) is 12.4. The molecule has 0 fully saturated rings. The Hall–Kier alpha value is -2.03. The predicted molar refractivity (Wildman–Crippen MR) is 109 cm³/mol. The van der Waals surface area contributed by atoms with Gasteiger partial charge in [-0.2, -0.15) is 0 Å². The minimum absolute atomic E-state index is 0.0956. The van der Waals surface area contributed by atoms with Gasteiger partial charge in [0.1, 0.15) is 18.1 Å². The van der Waals surface area contributed by atoms with E-state index in [0.29, 0.717) is 19.3 Å². The first-order valence-electron chi connectivity index (χ1n) is 9.99. The van der Waals surface area contributed by atoms with Crippen LogP contribution >= 0.6 is 0 Å². The molecule has 0 heterocycles. The Morgan fingerprint density at radius 1 is 1.15 bits per heavy atom. The number of carbonyl (C=O) groups excluding carboxylic acids is 1. The Morgan fingerprint density at radius 3 is 2.52 bits per heavy atom. The summed E-state index contributed by atoms with van der Waals surface area (Å²) in [6.07, 6.45) is 16.8. The Balaban J connectivity index is 0.00000126. The van der Waals surface area contributed by atoms with Crippen molar-refractivity contribution in [2.24, 2.45) is 11.8 Å². The third kappa shape index (κ3) is 5.72. The average molecular weight is 372 g/mol. The fourth-order valence-electron chi connectivity index (χ4n) is 3.47. The average Bonchev–Trinajstić information content (AvgIpc) is 3.22. The van der Waals surface area contributed by atoms with Gasteiger partial charge in [-0.15, -0.1) is 0 Å². The van der Waals surface area contributed by atoms with E-state index in [1.807, 2.05) is 57.2 Å². The van der Waals surface area contributed by atoms with Crippen LogP contribution in [0.3, 0.4) is 0 Å². The number of hydrogen-bond donors (Lipinski definition) is 0. The van der Waals surface area contributed by atoms with Crippen LogP contribution in [0.5, 0.6) is 0 Å². The van der Waals surface area contributed by atoms with Crippen molar-refractivity contribution in [3.63, 3.8) is 0 Å². The van der Waals surface area contributed by atoms with Crippen LogP contribution in [0.15, 0.2) is 71.4 Å². The predicted octanol–water partition coefficient (Wildman–Crippen LogP) is 6.56. The third-order valence-corrected chi connectivity index (χ3v) is 5.14. The van der Waals surface area contributed by atoms with Gasteiger partial charge in [0.15, 0.2) is 0 Å². The van der Waals surface area contributed by atoms with Crippen LogP contribution in [0.4, 0.5) is 8.78 Å². The van der Waals surface area contributed by atoms with E-state index in [9.17, 15) is 13.6 Å². The number of allylic oxidation sites excluding steroid dienone is 12. The van der Waals surface area contributed by atoms with E-state index in [2.05, 4.69) is 0 Å². The lowest BCUT2D eigenvalue weighted by Gasteiger charge is -2.23. The zero-order chi connectivity index (χ0) is 19.8. The molecule has 3 heteroatoms. The summed E-state index contributed by atoms with van der Waals surface area (Å²) < 4.78 is 27.6. The first-order valence-corrected chi connectivity index (χ1v) is 9.99. The molecule has 0 radical (unpaired) electrons. The lowest BCUT2D eigenvalue weighted by atomic mass is 9.83. The number of ketones is 1. The van der Waals surface area contributed by atoms with Gasteiger partial charge in [-0.25, -0.2) is 8.78 Å². The second kappa shape index (κ2) is 10.3. The van der Waals surface area contributed by atoms with Crippen LogP contribution in [0, 0.1) is 11.8 Å². The molecule has 0 aromatic rings. The van der Waals surface area contributed by atoms with Gasteiger partial charge in [-0.1, -0.05) is 75.0 Å². The molecule has 3 aliphatic rings. The third-order valence-electron chi connectivity index (χ3n) is 5.14. The maximum absolute atomic E-state index is 14.5. The number of halogens is 2. The second-order valence-corrected chi connectivity index (χ2v) is 6.92. The van der Waals surface area contributed by atoms with Crippen molar-refractivity contribution in [2.45, 2.75) is 58.8 Å². The molecule has 1 nitrogen and oxygen atoms in total. The molecule has 3 aliphatic carbocycles. The number of Topliss-reactive ketones (excluding diaryl/α,β-unsaturated/α-hetero) is 1. The van der Waals surface area contributed by atoms with E-state index >= 15 is 0 Å². The lowest BCUT2D eigenvalue weighted by Crippen LogP contribution is -2.21. The summed E-state index contributed by atoms with van der Waals surface area (Å²) in [5.74, 6) is -0.458. The molecular weight excluding hydrogens is 342 g/mol. The van der Waals surface area contributed by atoms with Crippen LogP contribution in [0.2, 0.25) is 0 Å². The molecule has 0 bridgehead atoms. The molecular formula is C24H30F2O. The molecule has 0 aliphatic heterocycles. The first-order chi connectivity index (χ1) is 13.0. The highest BCUT2D eigenvalue weighted by Gasteiger charge is 2.27. The molecule has 0 amide bonds. The van der Waals surface area contributed by atoms with Gasteiger partial charge in [0.25, 0.3) is 0 Å². The topological polar surface area (TPSA) is 17.1 Å². The molecule has 27 heavy (non-hydrogen) atoms.